The fraction of sp³-hybridized carbons (Fsp3) is 0.292. The maximum Gasteiger partial charge on any atom is 0.0799 e. The molecule has 26 heavy (non-hydrogen) atoms. The van der Waals surface area contributed by atoms with Gasteiger partial charge in [-0.1, -0.05) is 49.2 Å². The number of pyridine rings is 1. The summed E-state index contributed by atoms with van der Waals surface area (Å²) >= 11 is 1.96. The number of benzene rings is 2. The SMILES string of the molecule is Cc1cc(C)cc(-c2nc3ccccc3c3sc(CC(C)C)c(C)c23)c1. The molecule has 0 radical (unpaired) electrons. The van der Waals surface area contributed by atoms with E-state index in [0.29, 0.717) is 5.92 Å². The average Bonchev–Trinajstić information content (AvgIpc) is 2.90. The predicted octanol–water partition coefficient (Wildman–Crippen LogP) is 7.24. The molecule has 132 valence electrons. The molecule has 2 aromatic heterocycles. The minimum Gasteiger partial charge on any atom is -0.247 e. The molecule has 0 N–H and O–H groups in total. The molecule has 2 aromatic carbocycles. The molecule has 1 nitrogen and oxygen atoms in total. The molecule has 4 aromatic rings. The fourth-order valence-corrected chi connectivity index (χ4v) is 5.41. The zero-order chi connectivity index (χ0) is 18.4. The molecule has 2 heteroatoms. The summed E-state index contributed by atoms with van der Waals surface area (Å²) in [4.78, 5) is 6.61. The number of nitrogens with zero attached hydrogens (tertiary/aromatic N) is 1. The summed E-state index contributed by atoms with van der Waals surface area (Å²) in [6.07, 6.45) is 1.13. The lowest BCUT2D eigenvalue weighted by Gasteiger charge is -2.10. The second-order valence-corrected chi connectivity index (χ2v) is 8.91. The zero-order valence-corrected chi connectivity index (χ0v) is 17.0. The Morgan fingerprint density at radius 1 is 0.962 bits per heavy atom. The van der Waals surface area contributed by atoms with Gasteiger partial charge >= 0.3 is 0 Å². The number of rotatable bonds is 3. The second-order valence-electron chi connectivity index (χ2n) is 7.81. The van der Waals surface area contributed by atoms with E-state index in [2.05, 4.69) is 77.1 Å². The molecule has 0 fully saturated rings. The third-order valence-corrected chi connectivity index (χ3v) is 6.30. The zero-order valence-electron chi connectivity index (χ0n) is 16.2. The van der Waals surface area contributed by atoms with E-state index in [1.165, 1.54) is 42.6 Å². The van der Waals surface area contributed by atoms with Crippen molar-refractivity contribution in [3.8, 4) is 11.3 Å². The van der Waals surface area contributed by atoms with Crippen LogP contribution in [-0.2, 0) is 6.42 Å². The Bertz CT molecular complexity index is 1100. The maximum atomic E-state index is 5.12. The van der Waals surface area contributed by atoms with Crippen molar-refractivity contribution >= 4 is 32.3 Å². The van der Waals surface area contributed by atoms with Crippen LogP contribution in [0.5, 0.6) is 0 Å². The molecule has 0 atom stereocenters. The number of aryl methyl sites for hydroxylation is 3. The van der Waals surface area contributed by atoms with Crippen LogP contribution in [0.3, 0.4) is 0 Å². The van der Waals surface area contributed by atoms with Gasteiger partial charge in [-0.05, 0) is 56.9 Å². The molecule has 4 rings (SSSR count). The molecule has 2 heterocycles. The highest BCUT2D eigenvalue weighted by atomic mass is 32.1. The second kappa shape index (κ2) is 6.51. The Balaban J connectivity index is 2.11. The number of hydrogen-bond acceptors (Lipinski definition) is 2. The van der Waals surface area contributed by atoms with Gasteiger partial charge in [0.15, 0.2) is 0 Å². The molecule has 0 aliphatic rings. The van der Waals surface area contributed by atoms with Crippen molar-refractivity contribution in [3.63, 3.8) is 0 Å². The van der Waals surface area contributed by atoms with Gasteiger partial charge in [0.2, 0.25) is 0 Å². The molecule has 0 saturated carbocycles. The molecule has 0 aliphatic carbocycles. The Labute approximate surface area is 159 Å². The van der Waals surface area contributed by atoms with Crippen LogP contribution in [0.1, 0.15) is 35.4 Å². The minimum atomic E-state index is 0.658. The van der Waals surface area contributed by atoms with Crippen LogP contribution in [0.2, 0.25) is 0 Å². The van der Waals surface area contributed by atoms with Crippen molar-refractivity contribution < 1.29 is 0 Å². The molecule has 0 saturated heterocycles. The summed E-state index contributed by atoms with van der Waals surface area (Å²) in [5.41, 5.74) is 7.44. The third-order valence-electron chi connectivity index (χ3n) is 4.95. The first-order valence-corrected chi connectivity index (χ1v) is 10.1. The van der Waals surface area contributed by atoms with Crippen molar-refractivity contribution in [2.24, 2.45) is 5.92 Å². The van der Waals surface area contributed by atoms with Crippen LogP contribution >= 0.6 is 11.3 Å². The lowest BCUT2D eigenvalue weighted by Crippen LogP contribution is -1.93. The minimum absolute atomic E-state index is 0.658. The van der Waals surface area contributed by atoms with Gasteiger partial charge in [-0.15, -0.1) is 11.3 Å². The fourth-order valence-electron chi connectivity index (χ4n) is 3.86. The van der Waals surface area contributed by atoms with Crippen LogP contribution < -0.4 is 0 Å². The molecule has 0 unspecified atom stereocenters. The van der Waals surface area contributed by atoms with Crippen LogP contribution in [0.4, 0.5) is 0 Å². The summed E-state index contributed by atoms with van der Waals surface area (Å²) in [6, 6.07) is 15.3. The molecule has 0 bridgehead atoms. The van der Waals surface area contributed by atoms with Gasteiger partial charge in [0.05, 0.1) is 11.2 Å². The molecule has 0 spiro atoms. The lowest BCUT2D eigenvalue weighted by atomic mass is 9.98. The predicted molar refractivity (Wildman–Crippen MR) is 115 cm³/mol. The standard InChI is InChI=1S/C24H25NS/c1-14(2)10-21-17(5)22-23(18-12-15(3)11-16(4)13-18)25-20-9-7-6-8-19(20)24(22)26-21/h6-9,11-14H,10H2,1-5H3. The van der Waals surface area contributed by atoms with Gasteiger partial charge in [-0.3, -0.25) is 0 Å². The van der Waals surface area contributed by atoms with E-state index < -0.39 is 0 Å². The first kappa shape index (κ1) is 17.2. The first-order chi connectivity index (χ1) is 12.4. The van der Waals surface area contributed by atoms with Crippen LogP contribution in [0.15, 0.2) is 42.5 Å². The number of fused-ring (bicyclic) bond motifs is 3. The smallest absolute Gasteiger partial charge is 0.0799 e. The van der Waals surface area contributed by atoms with Crippen molar-refractivity contribution in [1.82, 2.24) is 4.98 Å². The average molecular weight is 360 g/mol. The highest BCUT2D eigenvalue weighted by molar-refractivity contribution is 7.20. The quantitative estimate of drug-likeness (QED) is 0.375. The van der Waals surface area contributed by atoms with Crippen LogP contribution in [0.25, 0.3) is 32.2 Å². The number of hydrogen-bond donors (Lipinski definition) is 0. The Hall–Kier alpha value is -2.19. The third kappa shape index (κ3) is 2.93. The van der Waals surface area contributed by atoms with Crippen molar-refractivity contribution in [2.75, 3.05) is 0 Å². The summed E-state index contributed by atoms with van der Waals surface area (Å²) in [6.45, 7) is 11.2. The summed E-state index contributed by atoms with van der Waals surface area (Å²) in [7, 11) is 0. The maximum absolute atomic E-state index is 5.12. The molecular weight excluding hydrogens is 334 g/mol. The van der Waals surface area contributed by atoms with Crippen molar-refractivity contribution in [2.45, 2.75) is 41.0 Å². The van der Waals surface area contributed by atoms with E-state index in [0.717, 1.165) is 17.6 Å². The Morgan fingerprint density at radius 3 is 2.35 bits per heavy atom. The van der Waals surface area contributed by atoms with Gasteiger partial charge < -0.3 is 0 Å². The summed E-state index contributed by atoms with van der Waals surface area (Å²) in [5.74, 6) is 0.658. The van der Waals surface area contributed by atoms with Gasteiger partial charge in [0, 0.05) is 25.9 Å². The lowest BCUT2D eigenvalue weighted by molar-refractivity contribution is 0.652. The number of para-hydroxylation sites is 1. The van der Waals surface area contributed by atoms with Gasteiger partial charge in [-0.25, -0.2) is 4.98 Å². The van der Waals surface area contributed by atoms with E-state index in [1.807, 2.05) is 11.3 Å². The highest BCUT2D eigenvalue weighted by Crippen LogP contribution is 2.41. The van der Waals surface area contributed by atoms with Crippen molar-refractivity contribution in [1.29, 1.82) is 0 Å². The van der Waals surface area contributed by atoms with E-state index in [9.17, 15) is 0 Å². The molecular formula is C24H25NS. The number of aromatic nitrogens is 1. The van der Waals surface area contributed by atoms with Gasteiger partial charge in [0.1, 0.15) is 0 Å². The summed E-state index contributed by atoms with van der Waals surface area (Å²) < 4.78 is 1.39. The van der Waals surface area contributed by atoms with Crippen LogP contribution in [-0.4, -0.2) is 4.98 Å². The largest absolute Gasteiger partial charge is 0.247 e. The topological polar surface area (TPSA) is 12.9 Å². The molecule has 0 amide bonds. The summed E-state index contributed by atoms with van der Waals surface area (Å²) in [5, 5.41) is 2.62. The van der Waals surface area contributed by atoms with E-state index in [-0.39, 0.29) is 0 Å². The molecule has 0 aliphatic heterocycles. The monoisotopic (exact) mass is 359 g/mol. The Morgan fingerprint density at radius 2 is 1.65 bits per heavy atom. The van der Waals surface area contributed by atoms with Gasteiger partial charge in [-0.2, -0.15) is 0 Å². The van der Waals surface area contributed by atoms with E-state index in [1.54, 1.807) is 0 Å². The normalized spacial score (nSPS) is 11.8. The highest BCUT2D eigenvalue weighted by Gasteiger charge is 2.18. The number of thiophene rings is 1. The first-order valence-electron chi connectivity index (χ1n) is 9.33. The van der Waals surface area contributed by atoms with Gasteiger partial charge in [0.25, 0.3) is 0 Å². The van der Waals surface area contributed by atoms with Crippen LogP contribution in [0, 0.1) is 26.7 Å². The van der Waals surface area contributed by atoms with E-state index in [4.69, 9.17) is 4.98 Å². The van der Waals surface area contributed by atoms with E-state index >= 15 is 0 Å². The Kier molecular flexibility index (Phi) is 4.32. The van der Waals surface area contributed by atoms with Crippen molar-refractivity contribution in [3.05, 3.63) is 64.0 Å².